The van der Waals surface area contributed by atoms with Crippen LogP contribution in [0.2, 0.25) is 0 Å². The van der Waals surface area contributed by atoms with Crippen molar-refractivity contribution in [2.45, 2.75) is 130 Å². The molecule has 11 atom stereocenters. The van der Waals surface area contributed by atoms with E-state index in [0.717, 1.165) is 49.7 Å². The Hall–Kier alpha value is -0.380. The van der Waals surface area contributed by atoms with Crippen LogP contribution in [-0.4, -0.2) is 30.7 Å². The van der Waals surface area contributed by atoms with Gasteiger partial charge in [0.1, 0.15) is 0 Å². The van der Waals surface area contributed by atoms with Gasteiger partial charge in [-0.05, 0) is 103 Å². The van der Waals surface area contributed by atoms with Crippen LogP contribution in [0.3, 0.4) is 0 Å². The van der Waals surface area contributed by atoms with Gasteiger partial charge in [-0.25, -0.2) is 0 Å². The van der Waals surface area contributed by atoms with E-state index in [1.54, 1.807) is 0 Å². The Morgan fingerprint density at radius 2 is 1.51 bits per heavy atom. The van der Waals surface area contributed by atoms with Gasteiger partial charge in [0, 0.05) is 24.2 Å². The van der Waals surface area contributed by atoms with Gasteiger partial charge in [0.25, 0.3) is 0 Å². The van der Waals surface area contributed by atoms with Gasteiger partial charge in [-0.1, -0.05) is 55.0 Å². The molecule has 3 nitrogen and oxygen atoms in total. The maximum Gasteiger partial charge on any atom is 0.169 e. The number of fused-ring (bicyclic) bond motifs is 6. The van der Waals surface area contributed by atoms with Gasteiger partial charge >= 0.3 is 0 Å². The van der Waals surface area contributed by atoms with E-state index in [9.17, 15) is 0 Å². The average molecular weight is 511 g/mol. The summed E-state index contributed by atoms with van der Waals surface area (Å²) in [4.78, 5) is 0. The molecule has 0 radical (unpaired) electrons. The van der Waals surface area contributed by atoms with E-state index in [1.165, 1.54) is 56.9 Å². The summed E-state index contributed by atoms with van der Waals surface area (Å²) in [6.07, 6.45) is 12.9. The maximum atomic E-state index is 7.32. The van der Waals surface area contributed by atoms with E-state index in [0.29, 0.717) is 23.4 Å². The summed E-state index contributed by atoms with van der Waals surface area (Å²) in [5.74, 6) is 4.19. The molecule has 208 valence electrons. The van der Waals surface area contributed by atoms with E-state index < -0.39 is 0 Å². The quantitative estimate of drug-likeness (QED) is 0.308. The van der Waals surface area contributed by atoms with Crippen LogP contribution in [0.15, 0.2) is 12.2 Å². The smallest absolute Gasteiger partial charge is 0.169 e. The number of hydrogen-bond donors (Lipinski definition) is 0. The Balaban J connectivity index is 1.24. The SMILES string of the molecule is C=C1[C@@H]2CC[C@@H](C)C[C@H]2O[C@]12CC[C@H]1[C@@H]3C[C@H](C)[C@@]4(C)CC5(CC[C@]4(C)[C@H]3C[C@@]1(C)C2(C)C)OCCO5. The topological polar surface area (TPSA) is 27.7 Å². The van der Waals surface area contributed by atoms with E-state index in [2.05, 4.69) is 48.5 Å². The minimum absolute atomic E-state index is 0.0987. The molecular formula is C34H54O3. The van der Waals surface area contributed by atoms with Crippen LogP contribution in [0.1, 0.15) is 113 Å². The van der Waals surface area contributed by atoms with Crippen molar-refractivity contribution in [1.82, 2.24) is 0 Å². The average Bonchev–Trinajstić information content (AvgIpc) is 3.49. The molecule has 0 aromatic carbocycles. The summed E-state index contributed by atoms with van der Waals surface area (Å²) in [7, 11) is 0. The molecule has 5 aliphatic carbocycles. The molecule has 3 heteroatoms. The molecule has 7 rings (SSSR count). The van der Waals surface area contributed by atoms with E-state index in [1.807, 2.05) is 0 Å². The van der Waals surface area contributed by atoms with Crippen LogP contribution in [0.25, 0.3) is 0 Å². The molecule has 5 saturated carbocycles. The van der Waals surface area contributed by atoms with E-state index in [4.69, 9.17) is 20.8 Å². The zero-order valence-electron chi connectivity index (χ0n) is 25.0. The van der Waals surface area contributed by atoms with Gasteiger partial charge in [-0.3, -0.25) is 0 Å². The molecule has 0 unspecified atom stereocenters. The minimum Gasteiger partial charge on any atom is -0.366 e. The van der Waals surface area contributed by atoms with Crippen LogP contribution in [-0.2, 0) is 14.2 Å². The van der Waals surface area contributed by atoms with Crippen molar-refractivity contribution in [3.05, 3.63) is 12.2 Å². The van der Waals surface area contributed by atoms with Gasteiger partial charge in [-0.2, -0.15) is 0 Å². The van der Waals surface area contributed by atoms with Crippen LogP contribution in [0.5, 0.6) is 0 Å². The Kier molecular flexibility index (Phi) is 5.30. The van der Waals surface area contributed by atoms with Gasteiger partial charge < -0.3 is 14.2 Å². The first-order chi connectivity index (χ1) is 17.3. The van der Waals surface area contributed by atoms with Crippen molar-refractivity contribution in [3.8, 4) is 0 Å². The highest BCUT2D eigenvalue weighted by atomic mass is 16.7. The molecule has 37 heavy (non-hydrogen) atoms. The van der Waals surface area contributed by atoms with Gasteiger partial charge in [0.05, 0.1) is 24.9 Å². The first-order valence-corrected chi connectivity index (χ1v) is 16.0. The highest BCUT2D eigenvalue weighted by Gasteiger charge is 2.75. The van der Waals surface area contributed by atoms with Crippen molar-refractivity contribution in [2.24, 2.45) is 57.2 Å². The molecule has 0 amide bonds. The Morgan fingerprint density at radius 3 is 2.24 bits per heavy atom. The fourth-order valence-corrected chi connectivity index (χ4v) is 12.5. The molecule has 0 aromatic heterocycles. The Bertz CT molecular complexity index is 980. The second-order valence-electron chi connectivity index (χ2n) is 16.5. The highest BCUT2D eigenvalue weighted by molar-refractivity contribution is 5.33. The number of rotatable bonds is 0. The van der Waals surface area contributed by atoms with Crippen molar-refractivity contribution < 1.29 is 14.2 Å². The van der Waals surface area contributed by atoms with Crippen LogP contribution >= 0.6 is 0 Å². The molecule has 2 heterocycles. The number of hydrogen-bond acceptors (Lipinski definition) is 3. The highest BCUT2D eigenvalue weighted by Crippen LogP contribution is 2.78. The molecular weight excluding hydrogens is 456 g/mol. The molecule has 0 N–H and O–H groups in total. The molecule has 2 saturated heterocycles. The first kappa shape index (κ1) is 25.6. The fourth-order valence-electron chi connectivity index (χ4n) is 12.5. The zero-order chi connectivity index (χ0) is 26.2. The summed E-state index contributed by atoms with van der Waals surface area (Å²) in [6.45, 7) is 24.6. The fraction of sp³-hybridized carbons (Fsp3) is 0.941. The van der Waals surface area contributed by atoms with Crippen LogP contribution < -0.4 is 0 Å². The number of ether oxygens (including phenoxy) is 3. The van der Waals surface area contributed by atoms with E-state index in [-0.39, 0.29) is 27.6 Å². The minimum atomic E-state index is -0.309. The normalized spacial score (nSPS) is 57.7. The standard InChI is InChI=1S/C34H54O3/c1-21-9-10-24-23(3)34(37-28(24)17-21)12-11-26-25-18-22(2)32(8)20-33(35-15-16-36-33)14-13-30(32,6)27(25)19-31(26,7)29(34,4)5/h21-22,24-28H,3,9-20H2,1-2,4-8H3/t21-,22+,24+,25+,26+,27+,28-,30-,31-,32-,34-/m1/s1. The first-order valence-electron chi connectivity index (χ1n) is 16.0. The maximum absolute atomic E-state index is 7.32. The lowest BCUT2D eigenvalue weighted by Gasteiger charge is -2.64. The second-order valence-corrected chi connectivity index (χ2v) is 16.5. The molecule has 0 aromatic rings. The molecule has 2 aliphatic heterocycles. The Morgan fingerprint density at radius 1 is 0.784 bits per heavy atom. The second kappa shape index (κ2) is 7.67. The van der Waals surface area contributed by atoms with Gasteiger partial charge in [0.2, 0.25) is 0 Å². The van der Waals surface area contributed by atoms with Crippen LogP contribution in [0.4, 0.5) is 0 Å². The lowest BCUT2D eigenvalue weighted by molar-refractivity contribution is -0.259. The predicted molar refractivity (Wildman–Crippen MR) is 148 cm³/mol. The summed E-state index contributed by atoms with van der Waals surface area (Å²) < 4.78 is 20.0. The third kappa shape index (κ3) is 2.91. The largest absolute Gasteiger partial charge is 0.366 e. The summed E-state index contributed by atoms with van der Waals surface area (Å²) in [6, 6.07) is 0. The summed E-state index contributed by atoms with van der Waals surface area (Å²) in [5.41, 5.74) is 2.33. The van der Waals surface area contributed by atoms with Crippen molar-refractivity contribution in [2.75, 3.05) is 13.2 Å². The summed E-state index contributed by atoms with van der Waals surface area (Å²) in [5, 5.41) is 0. The lowest BCUT2D eigenvalue weighted by Crippen LogP contribution is -2.60. The molecule has 2 spiro atoms. The van der Waals surface area contributed by atoms with Gasteiger partial charge in [-0.15, -0.1) is 0 Å². The molecule has 7 aliphatic rings. The van der Waals surface area contributed by atoms with Crippen molar-refractivity contribution >= 4 is 0 Å². The predicted octanol–water partition coefficient (Wildman–Crippen LogP) is 8.17. The van der Waals surface area contributed by atoms with Crippen LogP contribution in [0, 0.1) is 57.2 Å². The third-order valence-electron chi connectivity index (χ3n) is 15.4. The van der Waals surface area contributed by atoms with Crippen molar-refractivity contribution in [3.63, 3.8) is 0 Å². The molecule has 0 bridgehead atoms. The van der Waals surface area contributed by atoms with Gasteiger partial charge in [0.15, 0.2) is 5.79 Å². The summed E-state index contributed by atoms with van der Waals surface area (Å²) >= 11 is 0. The zero-order valence-corrected chi connectivity index (χ0v) is 25.0. The molecule has 7 fully saturated rings. The monoisotopic (exact) mass is 510 g/mol. The third-order valence-corrected chi connectivity index (χ3v) is 15.4. The van der Waals surface area contributed by atoms with Crippen molar-refractivity contribution in [1.29, 1.82) is 0 Å². The lowest BCUT2D eigenvalue weighted by atomic mass is 9.42. The Labute approximate surface area is 226 Å². The van der Waals surface area contributed by atoms with E-state index >= 15 is 0 Å².